The summed E-state index contributed by atoms with van der Waals surface area (Å²) in [5.41, 5.74) is 6.18. The molecule has 5 nitrogen and oxygen atoms in total. The van der Waals surface area contributed by atoms with Crippen LogP contribution in [0, 0.1) is 0 Å². The van der Waals surface area contributed by atoms with Crippen molar-refractivity contribution in [2.24, 2.45) is 0 Å². The number of aromatic amines is 2. The summed E-state index contributed by atoms with van der Waals surface area (Å²) in [5.74, 6) is 1.53. The standard InChI is InChI=1S/C26H19N5/c1-2-9-18(10-3-1)19-11-8-12-20(17-19)31(25-21-13-4-5-14-22(21)29-30-25)26-27-23-15-6-7-16-24(23)28-26/h1-17H,(H,27,28)(H,29,30). The van der Waals surface area contributed by atoms with Crippen molar-refractivity contribution in [3.05, 3.63) is 103 Å². The molecule has 0 spiro atoms. The van der Waals surface area contributed by atoms with Gasteiger partial charge in [-0.15, -0.1) is 0 Å². The van der Waals surface area contributed by atoms with Gasteiger partial charge in [0, 0.05) is 5.39 Å². The maximum absolute atomic E-state index is 4.87. The zero-order valence-electron chi connectivity index (χ0n) is 16.7. The van der Waals surface area contributed by atoms with E-state index in [1.54, 1.807) is 0 Å². The van der Waals surface area contributed by atoms with Crippen molar-refractivity contribution < 1.29 is 0 Å². The third kappa shape index (κ3) is 3.04. The van der Waals surface area contributed by atoms with Gasteiger partial charge in [-0.3, -0.25) is 10.00 Å². The maximum atomic E-state index is 4.87. The van der Waals surface area contributed by atoms with E-state index in [-0.39, 0.29) is 0 Å². The normalized spacial score (nSPS) is 11.2. The largest absolute Gasteiger partial charge is 0.323 e. The Morgan fingerprint density at radius 2 is 1.39 bits per heavy atom. The molecule has 0 saturated heterocycles. The van der Waals surface area contributed by atoms with Gasteiger partial charge in [0.25, 0.3) is 0 Å². The Bertz CT molecular complexity index is 1460. The van der Waals surface area contributed by atoms with Crippen molar-refractivity contribution in [2.45, 2.75) is 0 Å². The Hall–Kier alpha value is -4.38. The summed E-state index contributed by atoms with van der Waals surface area (Å²) in [4.78, 5) is 10.4. The number of fused-ring (bicyclic) bond motifs is 2. The molecule has 0 atom stereocenters. The predicted molar refractivity (Wildman–Crippen MR) is 126 cm³/mol. The molecule has 31 heavy (non-hydrogen) atoms. The molecule has 2 aromatic heterocycles. The fourth-order valence-electron chi connectivity index (χ4n) is 3.96. The lowest BCUT2D eigenvalue weighted by molar-refractivity contribution is 1.05. The van der Waals surface area contributed by atoms with Gasteiger partial charge in [-0.05, 0) is 47.5 Å². The molecule has 0 aliphatic heterocycles. The van der Waals surface area contributed by atoms with Gasteiger partial charge in [-0.25, -0.2) is 4.98 Å². The zero-order chi connectivity index (χ0) is 20.6. The summed E-state index contributed by atoms with van der Waals surface area (Å²) >= 11 is 0. The summed E-state index contributed by atoms with van der Waals surface area (Å²) < 4.78 is 0. The molecular formula is C26H19N5. The van der Waals surface area contributed by atoms with Crippen molar-refractivity contribution in [1.82, 2.24) is 20.2 Å². The van der Waals surface area contributed by atoms with Crippen LogP contribution >= 0.6 is 0 Å². The van der Waals surface area contributed by atoms with Crippen LogP contribution in [0.4, 0.5) is 17.5 Å². The van der Waals surface area contributed by atoms with E-state index in [9.17, 15) is 0 Å². The van der Waals surface area contributed by atoms with Crippen LogP contribution in [0.3, 0.4) is 0 Å². The first-order valence-electron chi connectivity index (χ1n) is 10.2. The highest BCUT2D eigenvalue weighted by atomic mass is 15.3. The molecule has 0 fully saturated rings. The van der Waals surface area contributed by atoms with Gasteiger partial charge in [0.15, 0.2) is 5.82 Å². The summed E-state index contributed by atoms with van der Waals surface area (Å²) in [6.07, 6.45) is 0. The number of anilines is 3. The van der Waals surface area contributed by atoms with Crippen LogP contribution in [0.15, 0.2) is 103 Å². The molecule has 148 valence electrons. The number of hydrogen-bond donors (Lipinski definition) is 2. The fraction of sp³-hybridized carbons (Fsp3) is 0. The topological polar surface area (TPSA) is 60.6 Å². The zero-order valence-corrected chi connectivity index (χ0v) is 16.7. The molecule has 0 aliphatic rings. The number of H-pyrrole nitrogens is 2. The highest BCUT2D eigenvalue weighted by Crippen LogP contribution is 2.38. The lowest BCUT2D eigenvalue weighted by Crippen LogP contribution is -2.12. The van der Waals surface area contributed by atoms with Gasteiger partial charge in [-0.2, -0.15) is 5.10 Å². The number of nitrogens with zero attached hydrogens (tertiary/aromatic N) is 3. The molecule has 6 rings (SSSR count). The maximum Gasteiger partial charge on any atom is 0.214 e. The van der Waals surface area contributed by atoms with Crippen LogP contribution in [0.25, 0.3) is 33.1 Å². The van der Waals surface area contributed by atoms with Gasteiger partial charge >= 0.3 is 0 Å². The smallest absolute Gasteiger partial charge is 0.214 e. The van der Waals surface area contributed by atoms with E-state index in [1.807, 2.05) is 48.5 Å². The number of benzene rings is 4. The lowest BCUT2D eigenvalue weighted by atomic mass is 10.0. The first-order chi connectivity index (χ1) is 15.4. The lowest BCUT2D eigenvalue weighted by Gasteiger charge is -2.21. The number of para-hydroxylation sites is 3. The minimum absolute atomic E-state index is 0.726. The van der Waals surface area contributed by atoms with E-state index in [1.165, 1.54) is 5.56 Å². The molecule has 2 N–H and O–H groups in total. The Morgan fingerprint density at radius 3 is 2.26 bits per heavy atom. The van der Waals surface area contributed by atoms with Crippen LogP contribution in [-0.2, 0) is 0 Å². The molecule has 0 saturated carbocycles. The van der Waals surface area contributed by atoms with E-state index in [0.29, 0.717) is 0 Å². The molecule has 0 bridgehead atoms. The average molecular weight is 401 g/mol. The summed E-state index contributed by atoms with van der Waals surface area (Å²) in [7, 11) is 0. The number of hydrogen-bond acceptors (Lipinski definition) is 3. The summed E-state index contributed by atoms with van der Waals surface area (Å²) in [5, 5.41) is 8.85. The first-order valence-corrected chi connectivity index (χ1v) is 10.2. The van der Waals surface area contributed by atoms with Gasteiger partial charge in [0.2, 0.25) is 5.95 Å². The second kappa shape index (κ2) is 7.15. The van der Waals surface area contributed by atoms with E-state index >= 15 is 0 Å². The van der Waals surface area contributed by atoms with Gasteiger partial charge in [0.05, 0.1) is 22.2 Å². The number of imidazole rings is 1. The monoisotopic (exact) mass is 401 g/mol. The second-order valence-electron chi connectivity index (χ2n) is 7.42. The van der Waals surface area contributed by atoms with Gasteiger partial charge in [-0.1, -0.05) is 66.7 Å². The Labute approximate surface area is 179 Å². The van der Waals surface area contributed by atoms with Crippen LogP contribution in [0.2, 0.25) is 0 Å². The van der Waals surface area contributed by atoms with Crippen molar-refractivity contribution >= 4 is 39.4 Å². The molecule has 0 amide bonds. The van der Waals surface area contributed by atoms with Crippen molar-refractivity contribution in [2.75, 3.05) is 4.90 Å². The first kappa shape index (κ1) is 17.5. The fourth-order valence-corrected chi connectivity index (χ4v) is 3.96. The Morgan fingerprint density at radius 1 is 0.645 bits per heavy atom. The SMILES string of the molecule is c1ccc(-c2cccc(N(c3nc4ccccc4[nH]3)c3n[nH]c4ccccc34)c2)cc1. The molecular weight excluding hydrogens is 382 g/mol. The summed E-state index contributed by atoms with van der Waals surface area (Å²) in [6.45, 7) is 0. The second-order valence-corrected chi connectivity index (χ2v) is 7.42. The number of aromatic nitrogens is 4. The van der Waals surface area contributed by atoms with Crippen LogP contribution < -0.4 is 4.90 Å². The quantitative estimate of drug-likeness (QED) is 0.351. The minimum atomic E-state index is 0.726. The Balaban J connectivity index is 1.58. The molecule has 0 aliphatic carbocycles. The third-order valence-corrected chi connectivity index (χ3v) is 5.46. The highest BCUT2D eigenvalue weighted by Gasteiger charge is 2.21. The van der Waals surface area contributed by atoms with Crippen LogP contribution in [0.5, 0.6) is 0 Å². The third-order valence-electron chi connectivity index (χ3n) is 5.46. The predicted octanol–water partition coefficient (Wildman–Crippen LogP) is 6.58. The molecule has 0 unspecified atom stereocenters. The van der Waals surface area contributed by atoms with Crippen molar-refractivity contribution in [3.8, 4) is 11.1 Å². The average Bonchev–Trinajstić information content (AvgIpc) is 3.45. The van der Waals surface area contributed by atoms with Crippen molar-refractivity contribution in [1.29, 1.82) is 0 Å². The number of nitrogens with one attached hydrogen (secondary N) is 2. The van der Waals surface area contributed by atoms with E-state index in [0.717, 1.165) is 45.0 Å². The van der Waals surface area contributed by atoms with E-state index in [2.05, 4.69) is 74.7 Å². The van der Waals surface area contributed by atoms with Gasteiger partial charge < -0.3 is 4.98 Å². The number of rotatable bonds is 4. The van der Waals surface area contributed by atoms with E-state index < -0.39 is 0 Å². The molecule has 4 aromatic carbocycles. The highest BCUT2D eigenvalue weighted by molar-refractivity contribution is 5.95. The van der Waals surface area contributed by atoms with Gasteiger partial charge in [0.1, 0.15) is 0 Å². The van der Waals surface area contributed by atoms with Crippen molar-refractivity contribution in [3.63, 3.8) is 0 Å². The van der Waals surface area contributed by atoms with E-state index in [4.69, 9.17) is 4.98 Å². The molecule has 2 heterocycles. The minimum Gasteiger partial charge on any atom is -0.323 e. The molecule has 0 radical (unpaired) electrons. The Kier molecular flexibility index (Phi) is 4.03. The van der Waals surface area contributed by atoms with Crippen LogP contribution in [0.1, 0.15) is 0 Å². The summed E-state index contributed by atoms with van der Waals surface area (Å²) in [6, 6.07) is 35.0. The molecule has 6 aromatic rings. The molecule has 5 heteroatoms. The van der Waals surface area contributed by atoms with Crippen LogP contribution in [-0.4, -0.2) is 20.2 Å².